The van der Waals surface area contributed by atoms with Crippen LogP contribution in [0.25, 0.3) is 0 Å². The van der Waals surface area contributed by atoms with E-state index >= 15 is 0 Å². The van der Waals surface area contributed by atoms with Crippen molar-refractivity contribution in [2.75, 3.05) is 0 Å². The Labute approximate surface area is 77.7 Å². The highest BCUT2D eigenvalue weighted by Crippen LogP contribution is 2.13. The lowest BCUT2D eigenvalue weighted by atomic mass is 10.2. The van der Waals surface area contributed by atoms with E-state index in [1.165, 1.54) is 12.8 Å². The SMILES string of the molecule is NC(=O)c1ccccc1.NC1CC1. The Morgan fingerprint density at radius 1 is 1.23 bits per heavy atom. The van der Waals surface area contributed by atoms with E-state index in [1.54, 1.807) is 24.3 Å². The fourth-order valence-corrected chi connectivity index (χ4v) is 0.699. The summed E-state index contributed by atoms with van der Waals surface area (Å²) in [6.07, 6.45) is 2.53. The third-order valence-corrected chi connectivity index (χ3v) is 1.68. The summed E-state index contributed by atoms with van der Waals surface area (Å²) in [5.41, 5.74) is 10.8. The van der Waals surface area contributed by atoms with Gasteiger partial charge in [-0.1, -0.05) is 18.2 Å². The van der Waals surface area contributed by atoms with Crippen LogP contribution in [-0.4, -0.2) is 11.9 Å². The standard InChI is InChI=1S/C7H7NO.C3H7N/c8-7(9)6-4-2-1-3-5-6;4-3-1-2-3/h1-5H,(H2,8,9);3H,1-2,4H2. The second-order valence-corrected chi connectivity index (χ2v) is 3.07. The quantitative estimate of drug-likeness (QED) is 0.670. The minimum atomic E-state index is -0.379. The van der Waals surface area contributed by atoms with Gasteiger partial charge in [-0.2, -0.15) is 0 Å². The zero-order valence-corrected chi connectivity index (χ0v) is 7.44. The zero-order valence-electron chi connectivity index (χ0n) is 7.44. The summed E-state index contributed by atoms with van der Waals surface area (Å²) in [6, 6.07) is 9.34. The summed E-state index contributed by atoms with van der Waals surface area (Å²) in [7, 11) is 0. The summed E-state index contributed by atoms with van der Waals surface area (Å²) >= 11 is 0. The van der Waals surface area contributed by atoms with Crippen LogP contribution in [0.3, 0.4) is 0 Å². The minimum absolute atomic E-state index is 0.379. The second-order valence-electron chi connectivity index (χ2n) is 3.07. The van der Waals surface area contributed by atoms with Crippen LogP contribution in [0, 0.1) is 0 Å². The van der Waals surface area contributed by atoms with Crippen LogP contribution in [0.2, 0.25) is 0 Å². The molecule has 1 aromatic carbocycles. The summed E-state index contributed by atoms with van der Waals surface area (Å²) in [5.74, 6) is -0.379. The molecule has 70 valence electrons. The maximum atomic E-state index is 10.4. The molecule has 0 atom stereocenters. The van der Waals surface area contributed by atoms with Gasteiger partial charge in [0.1, 0.15) is 0 Å². The van der Waals surface area contributed by atoms with Gasteiger partial charge in [0.15, 0.2) is 0 Å². The number of nitrogens with two attached hydrogens (primary N) is 2. The number of carbonyl (C=O) groups is 1. The van der Waals surface area contributed by atoms with E-state index in [-0.39, 0.29) is 5.91 Å². The largest absolute Gasteiger partial charge is 0.366 e. The van der Waals surface area contributed by atoms with E-state index in [9.17, 15) is 4.79 Å². The molecule has 1 saturated carbocycles. The Morgan fingerprint density at radius 2 is 1.69 bits per heavy atom. The first-order chi connectivity index (χ1) is 6.20. The molecule has 0 aliphatic heterocycles. The van der Waals surface area contributed by atoms with Crippen LogP contribution in [-0.2, 0) is 0 Å². The second kappa shape index (κ2) is 4.62. The van der Waals surface area contributed by atoms with Gasteiger partial charge in [0.05, 0.1) is 0 Å². The molecule has 0 spiro atoms. The van der Waals surface area contributed by atoms with Crippen molar-refractivity contribution >= 4 is 5.91 Å². The third-order valence-electron chi connectivity index (χ3n) is 1.68. The van der Waals surface area contributed by atoms with Crippen molar-refractivity contribution in [3.05, 3.63) is 35.9 Å². The number of carbonyl (C=O) groups excluding carboxylic acids is 1. The van der Waals surface area contributed by atoms with E-state index in [1.807, 2.05) is 6.07 Å². The predicted octanol–water partition coefficient (Wildman–Crippen LogP) is 0.893. The van der Waals surface area contributed by atoms with Crippen molar-refractivity contribution < 1.29 is 4.79 Å². The number of amides is 1. The molecule has 1 amide bonds. The molecule has 3 heteroatoms. The number of rotatable bonds is 1. The topological polar surface area (TPSA) is 69.1 Å². The Hall–Kier alpha value is -1.35. The minimum Gasteiger partial charge on any atom is -0.366 e. The Kier molecular flexibility index (Phi) is 3.46. The van der Waals surface area contributed by atoms with Crippen molar-refractivity contribution in [2.24, 2.45) is 11.5 Å². The van der Waals surface area contributed by atoms with Gasteiger partial charge >= 0.3 is 0 Å². The normalized spacial score (nSPS) is 14.2. The molecule has 4 N–H and O–H groups in total. The van der Waals surface area contributed by atoms with Crippen molar-refractivity contribution in [2.45, 2.75) is 18.9 Å². The molecule has 0 saturated heterocycles. The maximum absolute atomic E-state index is 10.4. The van der Waals surface area contributed by atoms with Crippen molar-refractivity contribution in [1.29, 1.82) is 0 Å². The van der Waals surface area contributed by atoms with Crippen molar-refractivity contribution in [3.63, 3.8) is 0 Å². The lowest BCUT2D eigenvalue weighted by molar-refractivity contribution is 0.100. The average Bonchev–Trinajstić information content (AvgIpc) is 2.90. The number of hydrogen-bond donors (Lipinski definition) is 2. The van der Waals surface area contributed by atoms with E-state index in [2.05, 4.69) is 0 Å². The molecule has 0 radical (unpaired) electrons. The van der Waals surface area contributed by atoms with Crippen molar-refractivity contribution in [3.8, 4) is 0 Å². The fraction of sp³-hybridized carbons (Fsp3) is 0.300. The summed E-state index contributed by atoms with van der Waals surface area (Å²) in [6.45, 7) is 0. The van der Waals surface area contributed by atoms with Gasteiger partial charge in [0, 0.05) is 11.6 Å². The van der Waals surface area contributed by atoms with Crippen molar-refractivity contribution in [1.82, 2.24) is 0 Å². The van der Waals surface area contributed by atoms with Crippen LogP contribution < -0.4 is 11.5 Å². The molecular weight excluding hydrogens is 164 g/mol. The average molecular weight is 178 g/mol. The lowest BCUT2D eigenvalue weighted by Crippen LogP contribution is -2.09. The molecule has 13 heavy (non-hydrogen) atoms. The van der Waals surface area contributed by atoms with Gasteiger partial charge in [0.2, 0.25) is 5.91 Å². The molecule has 1 aromatic rings. The summed E-state index contributed by atoms with van der Waals surface area (Å²) in [5, 5.41) is 0. The summed E-state index contributed by atoms with van der Waals surface area (Å²) in [4.78, 5) is 10.4. The number of benzene rings is 1. The fourth-order valence-electron chi connectivity index (χ4n) is 0.699. The monoisotopic (exact) mass is 178 g/mol. The number of primary amides is 1. The van der Waals surface area contributed by atoms with Gasteiger partial charge < -0.3 is 11.5 Å². The van der Waals surface area contributed by atoms with Gasteiger partial charge in [-0.05, 0) is 25.0 Å². The first kappa shape index (κ1) is 9.74. The highest BCUT2D eigenvalue weighted by molar-refractivity contribution is 5.92. The Bertz CT molecular complexity index is 268. The van der Waals surface area contributed by atoms with Gasteiger partial charge in [0.25, 0.3) is 0 Å². The molecule has 0 aromatic heterocycles. The first-order valence-corrected chi connectivity index (χ1v) is 4.30. The predicted molar refractivity (Wildman–Crippen MR) is 52.2 cm³/mol. The summed E-state index contributed by atoms with van der Waals surface area (Å²) < 4.78 is 0. The molecule has 1 fully saturated rings. The highest BCUT2D eigenvalue weighted by Gasteiger charge is 2.13. The van der Waals surface area contributed by atoms with Crippen LogP contribution in [0.4, 0.5) is 0 Å². The number of hydrogen-bond acceptors (Lipinski definition) is 2. The molecule has 1 aliphatic rings. The molecule has 3 nitrogen and oxygen atoms in total. The molecule has 1 aliphatic carbocycles. The molecule has 0 unspecified atom stereocenters. The Morgan fingerprint density at radius 3 is 1.92 bits per heavy atom. The zero-order chi connectivity index (χ0) is 9.68. The first-order valence-electron chi connectivity index (χ1n) is 4.30. The van der Waals surface area contributed by atoms with E-state index in [4.69, 9.17) is 11.5 Å². The van der Waals surface area contributed by atoms with Gasteiger partial charge in [-0.3, -0.25) is 4.79 Å². The molecule has 0 bridgehead atoms. The van der Waals surface area contributed by atoms with Crippen LogP contribution in [0.1, 0.15) is 23.2 Å². The highest BCUT2D eigenvalue weighted by atomic mass is 16.1. The van der Waals surface area contributed by atoms with Gasteiger partial charge in [-0.25, -0.2) is 0 Å². The van der Waals surface area contributed by atoms with Crippen LogP contribution in [0.15, 0.2) is 30.3 Å². The molecule has 2 rings (SSSR count). The van der Waals surface area contributed by atoms with E-state index in [0.717, 1.165) is 0 Å². The van der Waals surface area contributed by atoms with E-state index in [0.29, 0.717) is 11.6 Å². The lowest BCUT2D eigenvalue weighted by Gasteiger charge is -1.89. The third kappa shape index (κ3) is 4.28. The van der Waals surface area contributed by atoms with Crippen LogP contribution in [0.5, 0.6) is 0 Å². The smallest absolute Gasteiger partial charge is 0.248 e. The van der Waals surface area contributed by atoms with E-state index < -0.39 is 0 Å². The molecule has 0 heterocycles. The maximum Gasteiger partial charge on any atom is 0.248 e. The van der Waals surface area contributed by atoms with Crippen LogP contribution >= 0.6 is 0 Å². The Balaban J connectivity index is 0.000000175. The molecular formula is C10H14N2O. The van der Waals surface area contributed by atoms with Gasteiger partial charge in [-0.15, -0.1) is 0 Å².